The van der Waals surface area contributed by atoms with Crippen molar-refractivity contribution < 1.29 is 9.21 Å². The molecular weight excluding hydrogens is 158 g/mol. The summed E-state index contributed by atoms with van der Waals surface area (Å²) >= 11 is 0. The zero-order valence-corrected chi connectivity index (χ0v) is 6.50. The molecule has 5 heteroatoms. The Morgan fingerprint density at radius 3 is 3.17 bits per heavy atom. The molecule has 1 amide bonds. The van der Waals surface area contributed by atoms with Crippen LogP contribution in [-0.4, -0.2) is 17.4 Å². The summed E-state index contributed by atoms with van der Waals surface area (Å²) in [5.74, 6) is -0.253. The molecule has 1 rings (SSSR count). The first-order valence-electron chi connectivity index (χ1n) is 3.31. The normalized spacial score (nSPS) is 9.00. The Kier molecular flexibility index (Phi) is 2.43. The van der Waals surface area contributed by atoms with Crippen molar-refractivity contribution in [3.63, 3.8) is 0 Å². The van der Waals surface area contributed by atoms with Gasteiger partial charge in [0.15, 0.2) is 6.39 Å². The second-order valence-corrected chi connectivity index (χ2v) is 2.11. The number of carbonyl (C=O) groups excluding carboxylic acids is 1. The molecule has 5 nitrogen and oxygen atoms in total. The fourth-order valence-electron chi connectivity index (χ4n) is 0.720. The highest BCUT2D eigenvalue weighted by molar-refractivity contribution is 5.92. The number of carbonyl (C=O) groups is 1. The van der Waals surface area contributed by atoms with Gasteiger partial charge in [-0.05, 0) is 6.92 Å². The lowest BCUT2D eigenvalue weighted by Gasteiger charge is -1.95. The predicted molar refractivity (Wildman–Crippen MR) is 39.2 cm³/mol. The van der Waals surface area contributed by atoms with Crippen LogP contribution in [0.1, 0.15) is 16.2 Å². The smallest absolute Gasteiger partial charge is 0.289 e. The van der Waals surface area contributed by atoms with Crippen molar-refractivity contribution in [3.05, 3.63) is 17.8 Å². The van der Waals surface area contributed by atoms with E-state index in [4.69, 9.17) is 9.68 Å². The summed E-state index contributed by atoms with van der Waals surface area (Å²) < 4.78 is 4.79. The van der Waals surface area contributed by atoms with Crippen molar-refractivity contribution in [1.82, 2.24) is 10.3 Å². The summed E-state index contributed by atoms with van der Waals surface area (Å²) in [7, 11) is 0. The molecule has 62 valence electrons. The van der Waals surface area contributed by atoms with E-state index in [1.54, 1.807) is 13.0 Å². The van der Waals surface area contributed by atoms with Gasteiger partial charge in [-0.25, -0.2) is 4.98 Å². The number of oxazole rings is 1. The third-order valence-corrected chi connectivity index (χ3v) is 1.28. The lowest BCUT2D eigenvalue weighted by atomic mass is 10.3. The molecule has 0 bridgehead atoms. The molecule has 12 heavy (non-hydrogen) atoms. The van der Waals surface area contributed by atoms with E-state index in [1.165, 1.54) is 6.39 Å². The van der Waals surface area contributed by atoms with Crippen LogP contribution < -0.4 is 5.32 Å². The Morgan fingerprint density at radius 1 is 1.92 bits per heavy atom. The van der Waals surface area contributed by atoms with Crippen LogP contribution >= 0.6 is 0 Å². The van der Waals surface area contributed by atoms with Crippen molar-refractivity contribution in [2.45, 2.75) is 6.92 Å². The van der Waals surface area contributed by atoms with Gasteiger partial charge in [-0.2, -0.15) is 5.26 Å². The maximum Gasteiger partial charge on any atom is 0.289 e. The third kappa shape index (κ3) is 1.61. The van der Waals surface area contributed by atoms with Gasteiger partial charge in [0.05, 0.1) is 11.8 Å². The van der Waals surface area contributed by atoms with Crippen LogP contribution in [-0.2, 0) is 0 Å². The van der Waals surface area contributed by atoms with Crippen molar-refractivity contribution in [1.29, 1.82) is 5.26 Å². The molecule has 1 N–H and O–H groups in total. The quantitative estimate of drug-likeness (QED) is 0.636. The standard InChI is InChI=1S/C7H7N3O2/c1-5-6(12-4-10-5)7(11)9-3-2-8/h4H,3H2,1H3,(H,9,11). The minimum atomic E-state index is -0.411. The number of aromatic nitrogens is 1. The van der Waals surface area contributed by atoms with Gasteiger partial charge in [-0.1, -0.05) is 0 Å². The van der Waals surface area contributed by atoms with Crippen molar-refractivity contribution in [2.75, 3.05) is 6.54 Å². The number of hydrogen-bond acceptors (Lipinski definition) is 4. The molecule has 0 spiro atoms. The number of hydrogen-bond donors (Lipinski definition) is 1. The first-order chi connectivity index (χ1) is 5.75. The molecule has 0 aliphatic heterocycles. The zero-order valence-electron chi connectivity index (χ0n) is 6.50. The Labute approximate surface area is 69.0 Å². The number of aryl methyl sites for hydroxylation is 1. The SMILES string of the molecule is Cc1ncoc1C(=O)NCC#N. The van der Waals surface area contributed by atoms with Gasteiger partial charge in [0.25, 0.3) is 5.91 Å². The fraction of sp³-hybridized carbons (Fsp3) is 0.286. The third-order valence-electron chi connectivity index (χ3n) is 1.28. The first kappa shape index (κ1) is 8.27. The molecule has 1 heterocycles. The number of nitrogens with zero attached hydrogens (tertiary/aromatic N) is 2. The Morgan fingerprint density at radius 2 is 2.67 bits per heavy atom. The van der Waals surface area contributed by atoms with Crippen molar-refractivity contribution in [2.24, 2.45) is 0 Å². The second kappa shape index (κ2) is 3.53. The molecule has 0 unspecified atom stereocenters. The average molecular weight is 165 g/mol. The summed E-state index contributed by atoms with van der Waals surface area (Å²) in [5.41, 5.74) is 0.519. The summed E-state index contributed by atoms with van der Waals surface area (Å²) in [5, 5.41) is 10.5. The highest BCUT2D eigenvalue weighted by Crippen LogP contribution is 2.03. The van der Waals surface area contributed by atoms with Gasteiger partial charge in [0.2, 0.25) is 5.76 Å². The van der Waals surface area contributed by atoms with E-state index in [-0.39, 0.29) is 12.3 Å². The van der Waals surface area contributed by atoms with E-state index in [2.05, 4.69) is 10.3 Å². The topological polar surface area (TPSA) is 78.9 Å². The highest BCUT2D eigenvalue weighted by atomic mass is 16.3. The number of nitriles is 1. The predicted octanol–water partition coefficient (Wildman–Crippen LogP) is 0.236. The molecule has 0 aromatic carbocycles. The second-order valence-electron chi connectivity index (χ2n) is 2.11. The van der Waals surface area contributed by atoms with Gasteiger partial charge in [-0.3, -0.25) is 4.79 Å². The van der Waals surface area contributed by atoms with Crippen LogP contribution in [0.15, 0.2) is 10.8 Å². The van der Waals surface area contributed by atoms with Crippen LogP contribution in [0.4, 0.5) is 0 Å². The maximum atomic E-state index is 11.1. The lowest BCUT2D eigenvalue weighted by molar-refractivity contribution is 0.0930. The zero-order chi connectivity index (χ0) is 8.97. The van der Waals surface area contributed by atoms with Crippen molar-refractivity contribution in [3.8, 4) is 6.07 Å². The monoisotopic (exact) mass is 165 g/mol. The van der Waals surface area contributed by atoms with Gasteiger partial charge in [0, 0.05) is 0 Å². The van der Waals surface area contributed by atoms with E-state index in [9.17, 15) is 4.79 Å². The minimum Gasteiger partial charge on any atom is -0.438 e. The van der Waals surface area contributed by atoms with E-state index in [0.717, 1.165) is 0 Å². The number of amides is 1. The largest absolute Gasteiger partial charge is 0.438 e. The van der Waals surface area contributed by atoms with Crippen LogP contribution in [0.5, 0.6) is 0 Å². The first-order valence-corrected chi connectivity index (χ1v) is 3.31. The summed E-state index contributed by atoms with van der Waals surface area (Å²) in [6.45, 7) is 1.63. The lowest BCUT2D eigenvalue weighted by Crippen LogP contribution is -2.23. The van der Waals surface area contributed by atoms with E-state index in [1.807, 2.05) is 0 Å². The van der Waals surface area contributed by atoms with Crippen molar-refractivity contribution >= 4 is 5.91 Å². The summed E-state index contributed by atoms with van der Waals surface area (Å²) in [4.78, 5) is 14.8. The van der Waals surface area contributed by atoms with Crippen LogP contribution in [0.25, 0.3) is 0 Å². The van der Waals surface area contributed by atoms with Gasteiger partial charge >= 0.3 is 0 Å². The maximum absolute atomic E-state index is 11.1. The Bertz CT molecular complexity index is 324. The van der Waals surface area contributed by atoms with Gasteiger partial charge in [0.1, 0.15) is 6.54 Å². The molecule has 1 aromatic heterocycles. The van der Waals surface area contributed by atoms with E-state index in [0.29, 0.717) is 5.69 Å². The fourth-order valence-corrected chi connectivity index (χ4v) is 0.720. The highest BCUT2D eigenvalue weighted by Gasteiger charge is 2.12. The minimum absolute atomic E-state index is 0.0288. The molecular formula is C7H7N3O2. The number of nitrogens with one attached hydrogen (secondary N) is 1. The van der Waals surface area contributed by atoms with E-state index < -0.39 is 5.91 Å². The Balaban J connectivity index is 2.67. The van der Waals surface area contributed by atoms with E-state index >= 15 is 0 Å². The molecule has 0 aliphatic carbocycles. The molecule has 0 saturated carbocycles. The van der Waals surface area contributed by atoms with Crippen LogP contribution in [0, 0.1) is 18.3 Å². The van der Waals surface area contributed by atoms with Crippen LogP contribution in [0.3, 0.4) is 0 Å². The van der Waals surface area contributed by atoms with Gasteiger partial charge < -0.3 is 9.73 Å². The summed E-state index contributed by atoms with van der Waals surface area (Å²) in [6, 6.07) is 1.79. The Hall–Kier alpha value is -1.83. The molecule has 0 fully saturated rings. The molecule has 0 radical (unpaired) electrons. The molecule has 0 aliphatic rings. The molecule has 1 aromatic rings. The number of rotatable bonds is 2. The average Bonchev–Trinajstić information content (AvgIpc) is 2.47. The summed E-state index contributed by atoms with van der Waals surface area (Å²) in [6.07, 6.45) is 1.19. The molecule has 0 saturated heterocycles. The molecule has 0 atom stereocenters. The van der Waals surface area contributed by atoms with Gasteiger partial charge in [-0.15, -0.1) is 0 Å². The van der Waals surface area contributed by atoms with Crippen LogP contribution in [0.2, 0.25) is 0 Å².